The molecular formula is C75H111N7O17. The number of nitro benzene ring substituents is 2. The number of nitrogens with two attached hydrogens (primary N) is 1. The van der Waals surface area contributed by atoms with Crippen molar-refractivity contribution in [1.82, 2.24) is 15.0 Å². The molecule has 0 spiro atoms. The number of carboxylic acids is 3. The van der Waals surface area contributed by atoms with Gasteiger partial charge in [-0.3, -0.25) is 44.8 Å². The number of carboxylic acid groups (broad SMARTS) is 3. The number of aliphatic hydroxyl groups is 7. The van der Waals surface area contributed by atoms with Crippen LogP contribution in [0.3, 0.4) is 0 Å². The SMILES string of the molecule is CCc1cc(CCC(O)(CC(=O)O)C2CCCC2)cc(CC)n1.CCc1cc(CC[C@@](O)(CC(=O)[O-])C2CCCC2)cc(CC)n1.CCc1cc(CC[C@](O)(CC(=O)O)C2CCCC2)cc(CC)n1.N[C@H](CO)[C@H](O)c1ccc([N+](=O)[O-])cc1.[NH3+][C@H](CO)[C@H](O)c1ccc([N+](=O)[O-])cc1. The molecule has 24 heteroatoms. The van der Waals surface area contributed by atoms with Crippen LogP contribution in [0.2, 0.25) is 0 Å². The lowest BCUT2D eigenvalue weighted by atomic mass is 9.79. The fourth-order valence-electron chi connectivity index (χ4n) is 13.5. The van der Waals surface area contributed by atoms with E-state index in [9.17, 15) is 75.5 Å². The summed E-state index contributed by atoms with van der Waals surface area (Å²) in [6.45, 7) is 11.9. The fraction of sp³-hybridized carbons (Fsp3) is 0.600. The number of aryl methyl sites for hydroxylation is 9. The van der Waals surface area contributed by atoms with Gasteiger partial charge >= 0.3 is 11.9 Å². The predicted molar refractivity (Wildman–Crippen MR) is 374 cm³/mol. The van der Waals surface area contributed by atoms with Gasteiger partial charge in [-0.2, -0.15) is 0 Å². The molecule has 3 heterocycles. The molecule has 0 bridgehead atoms. The van der Waals surface area contributed by atoms with Crippen LogP contribution in [0.5, 0.6) is 0 Å². The number of hydrogen-bond donors (Lipinski definition) is 11. The second-order valence-corrected chi connectivity index (χ2v) is 26.8. The second-order valence-electron chi connectivity index (χ2n) is 26.8. The van der Waals surface area contributed by atoms with Gasteiger partial charge in [0.25, 0.3) is 11.4 Å². The normalized spacial score (nSPS) is 17.0. The van der Waals surface area contributed by atoms with Crippen molar-refractivity contribution in [1.29, 1.82) is 0 Å². The number of carbonyl (C=O) groups excluding carboxylic acids is 1. The third-order valence-electron chi connectivity index (χ3n) is 19.6. The van der Waals surface area contributed by atoms with Gasteiger partial charge in [-0.05, 0) is 222 Å². The summed E-state index contributed by atoms with van der Waals surface area (Å²) < 4.78 is 0. The number of aliphatic hydroxyl groups excluding tert-OH is 4. The summed E-state index contributed by atoms with van der Waals surface area (Å²) in [6, 6.07) is 22.1. The van der Waals surface area contributed by atoms with E-state index in [1.807, 2.05) is 0 Å². The minimum absolute atomic E-state index is 0.0319. The summed E-state index contributed by atoms with van der Waals surface area (Å²) >= 11 is 0. The van der Waals surface area contributed by atoms with Gasteiger partial charge in [-0.25, -0.2) is 0 Å². The van der Waals surface area contributed by atoms with Crippen LogP contribution >= 0.6 is 0 Å². The Morgan fingerprint density at radius 3 is 0.980 bits per heavy atom. The molecule has 8 rings (SSSR count). The molecule has 1 unspecified atom stereocenters. The maximum Gasteiger partial charge on any atom is 0.306 e. The quantitative estimate of drug-likeness (QED) is 0.0142. The van der Waals surface area contributed by atoms with E-state index >= 15 is 0 Å². The average molecular weight is 1380 g/mol. The summed E-state index contributed by atoms with van der Waals surface area (Å²) in [4.78, 5) is 67.0. The minimum Gasteiger partial charge on any atom is -0.550 e. The maximum atomic E-state index is 11.2. The van der Waals surface area contributed by atoms with E-state index in [0.717, 1.165) is 166 Å². The topological polar surface area (TPSA) is 435 Å². The van der Waals surface area contributed by atoms with Crippen molar-refractivity contribution >= 4 is 29.3 Å². The molecule has 5 aromatic rings. The summed E-state index contributed by atoms with van der Waals surface area (Å²) in [5.41, 5.74) is 16.4. The zero-order valence-corrected chi connectivity index (χ0v) is 58.9. The first kappa shape index (κ1) is 84.2. The number of quaternary nitrogens is 1. The minimum atomic E-state index is -1.15. The van der Waals surface area contributed by atoms with Crippen molar-refractivity contribution in [3.05, 3.63) is 167 Å². The van der Waals surface area contributed by atoms with Gasteiger partial charge in [0.2, 0.25) is 0 Å². The van der Waals surface area contributed by atoms with Gasteiger partial charge < -0.3 is 67.3 Å². The van der Waals surface area contributed by atoms with E-state index in [1.165, 1.54) is 48.5 Å². The number of hydrogen-bond acceptors (Lipinski definition) is 19. The molecule has 14 N–H and O–H groups in total. The number of carbonyl (C=O) groups is 3. The number of aliphatic carboxylic acids is 3. The number of rotatable bonds is 32. The van der Waals surface area contributed by atoms with Crippen molar-refractivity contribution in [3.8, 4) is 0 Å². The highest BCUT2D eigenvalue weighted by atomic mass is 16.6. The largest absolute Gasteiger partial charge is 0.550 e. The zero-order chi connectivity index (χ0) is 73.5. The molecule has 0 saturated heterocycles. The summed E-state index contributed by atoms with van der Waals surface area (Å²) in [7, 11) is 0. The number of nitrogens with zero attached hydrogens (tertiary/aromatic N) is 5. The highest BCUT2D eigenvalue weighted by molar-refractivity contribution is 5.68. The van der Waals surface area contributed by atoms with Gasteiger partial charge in [-0.15, -0.1) is 0 Å². The van der Waals surface area contributed by atoms with Crippen LogP contribution < -0.4 is 16.6 Å². The van der Waals surface area contributed by atoms with E-state index in [0.29, 0.717) is 49.7 Å². The fourth-order valence-corrected chi connectivity index (χ4v) is 13.5. The number of benzene rings is 2. The maximum absolute atomic E-state index is 11.2. The number of aromatic nitrogens is 3. The van der Waals surface area contributed by atoms with E-state index < -0.39 is 68.8 Å². The lowest BCUT2D eigenvalue weighted by Crippen LogP contribution is -2.65. The average Bonchev–Trinajstić information content (AvgIpc) is 1.82. The van der Waals surface area contributed by atoms with E-state index in [4.69, 9.17) is 15.9 Å². The lowest BCUT2D eigenvalue weighted by molar-refractivity contribution is -0.444. The van der Waals surface area contributed by atoms with Crippen molar-refractivity contribution in [3.63, 3.8) is 0 Å². The van der Waals surface area contributed by atoms with Gasteiger partial charge in [-0.1, -0.05) is 80.1 Å². The molecule has 7 atom stereocenters. The number of non-ortho nitro benzene ring substituents is 2. The van der Waals surface area contributed by atoms with Crippen LogP contribution in [-0.4, -0.2) is 131 Å². The Hall–Kier alpha value is -7.26. The first-order valence-corrected chi connectivity index (χ1v) is 35.4. The van der Waals surface area contributed by atoms with Crippen LogP contribution in [0, 0.1) is 38.0 Å². The summed E-state index contributed by atoms with van der Waals surface area (Å²) in [5.74, 6) is -2.64. The number of pyridine rings is 3. The van der Waals surface area contributed by atoms with Crippen molar-refractivity contribution in [2.24, 2.45) is 23.5 Å². The Morgan fingerprint density at radius 2 is 0.758 bits per heavy atom. The zero-order valence-electron chi connectivity index (χ0n) is 58.9. The Labute approximate surface area is 582 Å². The van der Waals surface area contributed by atoms with Gasteiger partial charge in [0.1, 0.15) is 12.1 Å². The van der Waals surface area contributed by atoms with Crippen LogP contribution in [0.4, 0.5) is 11.4 Å². The second kappa shape index (κ2) is 42.1. The van der Waals surface area contributed by atoms with Crippen LogP contribution in [0.1, 0.15) is 231 Å². The smallest absolute Gasteiger partial charge is 0.306 e. The molecule has 24 nitrogen and oxygen atoms in total. The molecular weight excluding hydrogens is 1270 g/mol. The molecule has 99 heavy (non-hydrogen) atoms. The molecule has 2 aromatic carbocycles. The van der Waals surface area contributed by atoms with Crippen LogP contribution in [0.15, 0.2) is 84.9 Å². The van der Waals surface area contributed by atoms with E-state index in [-0.39, 0.29) is 61.6 Å². The highest BCUT2D eigenvalue weighted by Crippen LogP contribution is 2.42. The molecule has 548 valence electrons. The first-order chi connectivity index (χ1) is 47.0. The Morgan fingerprint density at radius 1 is 0.495 bits per heavy atom. The van der Waals surface area contributed by atoms with Gasteiger partial charge in [0.15, 0.2) is 0 Å². The molecule has 3 fully saturated rings. The first-order valence-electron chi connectivity index (χ1n) is 35.4. The van der Waals surface area contributed by atoms with Crippen LogP contribution in [-0.2, 0) is 72.2 Å². The summed E-state index contributed by atoms with van der Waals surface area (Å²) in [5, 5.41) is 120. The Kier molecular flexibility index (Phi) is 35.8. The molecule has 0 aliphatic heterocycles. The monoisotopic (exact) mass is 1380 g/mol. The Bertz CT molecular complexity index is 2920. The Balaban J connectivity index is 0.000000266. The predicted octanol–water partition coefficient (Wildman–Crippen LogP) is 8.45. The lowest BCUT2D eigenvalue weighted by Gasteiger charge is -2.35. The van der Waals surface area contributed by atoms with E-state index in [2.05, 4.69) is 98.6 Å². The molecule has 3 aromatic heterocycles. The molecule has 0 radical (unpaired) electrons. The van der Waals surface area contributed by atoms with Crippen LogP contribution in [0.25, 0.3) is 0 Å². The molecule has 0 amide bonds. The van der Waals surface area contributed by atoms with Crippen molar-refractivity contribution < 1.29 is 81.0 Å². The standard InChI is InChI=1S/3C19H29NO3.2C9H12N2O4/c3*1-3-16-11-14(12-17(4-2)20-16)9-10-19(23,13-18(21)22)15-7-5-6-8-15;2*10-8(5-12)9(13)6-1-3-7(4-2-6)11(14)15/h3*11-12,15,23H,3-10,13H2,1-2H3,(H,21,22);2*1-4,8-9,12-13H,5,10H2/t2*19-;;2*8-,9-/m10.11/s1. The molecule has 3 saturated carbocycles. The van der Waals surface area contributed by atoms with Gasteiger partial charge in [0, 0.05) is 70.8 Å². The molecule has 3 aliphatic carbocycles. The van der Waals surface area contributed by atoms with Crippen molar-refractivity contribution in [2.45, 2.75) is 256 Å². The van der Waals surface area contributed by atoms with Gasteiger partial charge in [0.05, 0.1) is 64.9 Å². The van der Waals surface area contributed by atoms with E-state index in [1.54, 1.807) is 0 Å². The third-order valence-corrected chi connectivity index (χ3v) is 19.6. The summed E-state index contributed by atoms with van der Waals surface area (Å²) in [6.07, 6.45) is 18.6. The number of nitro groups is 2. The van der Waals surface area contributed by atoms with Crippen molar-refractivity contribution in [2.75, 3.05) is 13.2 Å². The highest BCUT2D eigenvalue weighted by Gasteiger charge is 2.42. The third kappa shape index (κ3) is 27.7. The molecule has 3 aliphatic rings.